The van der Waals surface area contributed by atoms with Crippen LogP contribution in [0.25, 0.3) is 23.1 Å². The van der Waals surface area contributed by atoms with Crippen molar-refractivity contribution in [3.05, 3.63) is 30.1 Å². The van der Waals surface area contributed by atoms with Gasteiger partial charge in [0.15, 0.2) is 0 Å². The van der Waals surface area contributed by atoms with Crippen molar-refractivity contribution < 1.29 is 13.7 Å². The minimum Gasteiger partial charge on any atom is -0.378 e. The monoisotopic (exact) mass is 343 g/mol. The molecule has 0 unspecified atom stereocenters. The van der Waals surface area contributed by atoms with E-state index in [2.05, 4.69) is 25.1 Å². The third-order valence-electron chi connectivity index (χ3n) is 3.67. The van der Waals surface area contributed by atoms with Crippen LogP contribution in [0, 0.1) is 5.82 Å². The van der Waals surface area contributed by atoms with Crippen molar-refractivity contribution in [1.29, 1.82) is 0 Å². The fraction of sp³-hybridized carbons (Fsp3) is 0.267. The van der Waals surface area contributed by atoms with Gasteiger partial charge in [0.1, 0.15) is 5.82 Å². The lowest BCUT2D eigenvalue weighted by molar-refractivity contribution is 0.122. The number of hydrogen-bond donors (Lipinski definition) is 1. The van der Waals surface area contributed by atoms with E-state index < -0.39 is 5.82 Å². The predicted molar refractivity (Wildman–Crippen MR) is 86.0 cm³/mol. The van der Waals surface area contributed by atoms with Crippen molar-refractivity contribution >= 4 is 11.9 Å². The van der Waals surface area contributed by atoms with E-state index in [9.17, 15) is 4.39 Å². The van der Waals surface area contributed by atoms with E-state index in [0.717, 1.165) is 0 Å². The highest BCUT2D eigenvalue weighted by atomic mass is 19.1. The Bertz CT molecular complexity index is 895. The fourth-order valence-electron chi connectivity index (χ4n) is 2.45. The molecule has 9 nitrogen and oxygen atoms in total. The molecule has 0 aliphatic carbocycles. The number of hydrogen-bond acceptors (Lipinski definition) is 9. The Labute approximate surface area is 141 Å². The van der Waals surface area contributed by atoms with Gasteiger partial charge < -0.3 is 19.9 Å². The fourth-order valence-corrected chi connectivity index (χ4v) is 2.45. The van der Waals surface area contributed by atoms with E-state index in [0.29, 0.717) is 32.3 Å². The maximum Gasteiger partial charge on any atom is 0.296 e. The molecule has 0 bridgehead atoms. The maximum absolute atomic E-state index is 13.9. The summed E-state index contributed by atoms with van der Waals surface area (Å²) in [5, 5.41) is 3.79. The van der Waals surface area contributed by atoms with Crippen LogP contribution in [-0.4, -0.2) is 51.4 Å². The molecule has 3 aromatic rings. The van der Waals surface area contributed by atoms with E-state index in [1.54, 1.807) is 18.2 Å². The van der Waals surface area contributed by atoms with Gasteiger partial charge in [-0.3, -0.25) is 0 Å². The molecule has 1 saturated heterocycles. The molecule has 2 N–H and O–H groups in total. The molecular weight excluding hydrogens is 329 g/mol. The number of rotatable bonds is 3. The van der Waals surface area contributed by atoms with E-state index in [4.69, 9.17) is 15.0 Å². The number of halogens is 1. The van der Waals surface area contributed by atoms with Crippen LogP contribution in [0.4, 0.5) is 16.3 Å². The second-order valence-electron chi connectivity index (χ2n) is 5.32. The lowest BCUT2D eigenvalue weighted by Gasteiger charge is -2.26. The molecule has 0 atom stereocenters. The number of anilines is 2. The van der Waals surface area contributed by atoms with Crippen molar-refractivity contribution in [1.82, 2.24) is 25.1 Å². The topological polar surface area (TPSA) is 116 Å². The van der Waals surface area contributed by atoms with Crippen LogP contribution in [-0.2, 0) is 4.74 Å². The second kappa shape index (κ2) is 6.40. The molecule has 1 fully saturated rings. The average Bonchev–Trinajstić information content (AvgIpc) is 3.12. The number of aromatic nitrogens is 5. The van der Waals surface area contributed by atoms with Gasteiger partial charge in [-0.1, -0.05) is 17.3 Å². The zero-order valence-electron chi connectivity index (χ0n) is 13.1. The van der Waals surface area contributed by atoms with E-state index in [-0.39, 0.29) is 29.1 Å². The number of ether oxygens (including phenoxy) is 1. The third-order valence-corrected chi connectivity index (χ3v) is 3.67. The minimum atomic E-state index is -0.445. The van der Waals surface area contributed by atoms with Crippen molar-refractivity contribution in [3.63, 3.8) is 0 Å². The van der Waals surface area contributed by atoms with Gasteiger partial charge in [-0.05, 0) is 12.1 Å². The predicted octanol–water partition coefficient (Wildman–Crippen LogP) is 1.15. The molecule has 1 aliphatic heterocycles. The van der Waals surface area contributed by atoms with Crippen LogP contribution in [0.5, 0.6) is 0 Å². The Kier molecular flexibility index (Phi) is 3.94. The molecule has 2 aromatic heterocycles. The lowest BCUT2D eigenvalue weighted by Crippen LogP contribution is -2.37. The van der Waals surface area contributed by atoms with Gasteiger partial charge in [0, 0.05) is 13.1 Å². The molecule has 1 aromatic carbocycles. The third kappa shape index (κ3) is 3.11. The molecule has 4 rings (SSSR count). The summed E-state index contributed by atoms with van der Waals surface area (Å²) < 4.78 is 24.3. The van der Waals surface area contributed by atoms with Crippen molar-refractivity contribution in [2.24, 2.45) is 0 Å². The Morgan fingerprint density at radius 2 is 1.80 bits per heavy atom. The summed E-state index contributed by atoms with van der Waals surface area (Å²) in [5.74, 6) is 0.304. The number of morpholine rings is 1. The zero-order chi connectivity index (χ0) is 17.2. The molecule has 3 heterocycles. The highest BCUT2D eigenvalue weighted by molar-refractivity contribution is 5.58. The van der Waals surface area contributed by atoms with Gasteiger partial charge in [0.25, 0.3) is 5.89 Å². The first kappa shape index (κ1) is 15.4. The van der Waals surface area contributed by atoms with Crippen LogP contribution >= 0.6 is 0 Å². The average molecular weight is 343 g/mol. The number of nitrogens with two attached hydrogens (primary N) is 1. The molecule has 1 aliphatic rings. The summed E-state index contributed by atoms with van der Waals surface area (Å²) >= 11 is 0. The lowest BCUT2D eigenvalue weighted by atomic mass is 10.2. The van der Waals surface area contributed by atoms with Crippen LogP contribution < -0.4 is 10.6 Å². The quantitative estimate of drug-likeness (QED) is 0.747. The Balaban J connectivity index is 1.68. The number of nitrogen functional groups attached to an aromatic ring is 1. The molecule has 25 heavy (non-hydrogen) atoms. The molecule has 0 spiro atoms. The molecule has 0 saturated carbocycles. The zero-order valence-corrected chi connectivity index (χ0v) is 13.1. The summed E-state index contributed by atoms with van der Waals surface area (Å²) in [7, 11) is 0. The molecule has 0 amide bonds. The highest BCUT2D eigenvalue weighted by Crippen LogP contribution is 2.23. The first-order chi connectivity index (χ1) is 12.2. The van der Waals surface area contributed by atoms with Gasteiger partial charge in [-0.2, -0.15) is 19.9 Å². The molecule has 128 valence electrons. The van der Waals surface area contributed by atoms with Gasteiger partial charge in [-0.25, -0.2) is 4.39 Å². The van der Waals surface area contributed by atoms with Crippen LogP contribution in [0.1, 0.15) is 0 Å². The smallest absolute Gasteiger partial charge is 0.296 e. The van der Waals surface area contributed by atoms with Gasteiger partial charge in [0.2, 0.25) is 23.5 Å². The summed E-state index contributed by atoms with van der Waals surface area (Å²) in [5.41, 5.74) is 6.01. The highest BCUT2D eigenvalue weighted by Gasteiger charge is 2.20. The molecule has 10 heteroatoms. The molecular formula is C15H14FN7O2. The van der Waals surface area contributed by atoms with E-state index in [1.165, 1.54) is 6.07 Å². The van der Waals surface area contributed by atoms with Crippen molar-refractivity contribution in [3.8, 4) is 23.1 Å². The maximum atomic E-state index is 13.9. The summed E-state index contributed by atoms with van der Waals surface area (Å²) in [6.07, 6.45) is 0. The summed E-state index contributed by atoms with van der Waals surface area (Å²) in [6, 6.07) is 6.15. The first-order valence-electron chi connectivity index (χ1n) is 7.64. The first-order valence-corrected chi connectivity index (χ1v) is 7.64. The van der Waals surface area contributed by atoms with Gasteiger partial charge >= 0.3 is 0 Å². The summed E-state index contributed by atoms with van der Waals surface area (Å²) in [6.45, 7) is 2.46. The SMILES string of the molecule is Nc1nc(-c2nc(-c3ccccc3F)no2)nc(N2CCOCC2)n1. The standard InChI is InChI=1S/C15H14FN7O2/c16-10-4-2-1-3-9(10)11-18-13(25-22-11)12-19-14(17)21-15(20-12)23-5-7-24-8-6-23/h1-4H,5-8H2,(H2,17,19,20,21). The van der Waals surface area contributed by atoms with Crippen LogP contribution in [0.15, 0.2) is 28.8 Å². The normalized spacial score (nSPS) is 14.7. The Hall–Kier alpha value is -3.14. The van der Waals surface area contributed by atoms with E-state index >= 15 is 0 Å². The minimum absolute atomic E-state index is 0.0390. The van der Waals surface area contributed by atoms with Gasteiger partial charge in [-0.15, -0.1) is 0 Å². The molecule has 0 radical (unpaired) electrons. The van der Waals surface area contributed by atoms with Crippen LogP contribution in [0.2, 0.25) is 0 Å². The van der Waals surface area contributed by atoms with Crippen LogP contribution in [0.3, 0.4) is 0 Å². The van der Waals surface area contributed by atoms with Crippen molar-refractivity contribution in [2.45, 2.75) is 0 Å². The number of benzene rings is 1. The summed E-state index contributed by atoms with van der Waals surface area (Å²) in [4.78, 5) is 18.6. The van der Waals surface area contributed by atoms with Crippen molar-refractivity contribution in [2.75, 3.05) is 36.9 Å². The Morgan fingerprint density at radius 3 is 2.60 bits per heavy atom. The van der Waals surface area contributed by atoms with E-state index in [1.807, 2.05) is 4.90 Å². The number of nitrogens with zero attached hydrogens (tertiary/aromatic N) is 6. The largest absolute Gasteiger partial charge is 0.378 e. The van der Waals surface area contributed by atoms with Gasteiger partial charge in [0.05, 0.1) is 18.8 Å². The second-order valence-corrected chi connectivity index (χ2v) is 5.32. The Morgan fingerprint density at radius 1 is 1.00 bits per heavy atom.